The molecular formula is C38H55NOSn. The molecule has 3 aromatic rings. The summed E-state index contributed by atoms with van der Waals surface area (Å²) in [7, 11) is 0. The summed E-state index contributed by atoms with van der Waals surface area (Å²) in [5, 5.41) is 0. The van der Waals surface area contributed by atoms with Crippen LogP contribution in [0.5, 0.6) is 0 Å². The monoisotopic (exact) mass is 661 g/mol. The molecule has 3 rings (SSSR count). The van der Waals surface area contributed by atoms with Gasteiger partial charge in [0.25, 0.3) is 0 Å². The zero-order valence-electron chi connectivity index (χ0n) is 26.1. The van der Waals surface area contributed by atoms with E-state index in [4.69, 9.17) is 4.74 Å². The van der Waals surface area contributed by atoms with E-state index in [2.05, 4.69) is 129 Å². The van der Waals surface area contributed by atoms with Crippen LogP contribution in [0.25, 0.3) is 0 Å². The van der Waals surface area contributed by atoms with Crippen molar-refractivity contribution in [3.8, 4) is 0 Å². The van der Waals surface area contributed by atoms with Gasteiger partial charge < -0.3 is 0 Å². The number of hydrogen-bond donors (Lipinski definition) is 0. The van der Waals surface area contributed by atoms with Crippen LogP contribution < -0.4 is 0 Å². The summed E-state index contributed by atoms with van der Waals surface area (Å²) < 4.78 is 12.2. The number of rotatable bonds is 21. The molecule has 0 fully saturated rings. The van der Waals surface area contributed by atoms with Gasteiger partial charge in [0.05, 0.1) is 0 Å². The van der Waals surface area contributed by atoms with Gasteiger partial charge in [-0.25, -0.2) is 0 Å². The summed E-state index contributed by atoms with van der Waals surface area (Å²) in [4.78, 5) is 2.63. The fourth-order valence-corrected chi connectivity index (χ4v) is 20.3. The molecule has 0 aromatic heterocycles. The van der Waals surface area contributed by atoms with E-state index in [1.54, 1.807) is 0 Å². The van der Waals surface area contributed by atoms with Crippen molar-refractivity contribution in [2.75, 3.05) is 11.2 Å². The molecule has 41 heavy (non-hydrogen) atoms. The molecule has 0 N–H and O–H groups in total. The quantitative estimate of drug-likeness (QED) is 0.0641. The third-order valence-corrected chi connectivity index (χ3v) is 22.8. The molecule has 0 saturated heterocycles. The van der Waals surface area contributed by atoms with Gasteiger partial charge in [-0.15, -0.1) is 0 Å². The van der Waals surface area contributed by atoms with Gasteiger partial charge in [-0.2, -0.15) is 0 Å². The molecule has 1 unspecified atom stereocenters. The van der Waals surface area contributed by atoms with Gasteiger partial charge in [-0.3, -0.25) is 0 Å². The Morgan fingerprint density at radius 3 is 1.51 bits per heavy atom. The van der Waals surface area contributed by atoms with Gasteiger partial charge in [0.2, 0.25) is 0 Å². The first kappa shape index (κ1) is 33.6. The van der Waals surface area contributed by atoms with Crippen LogP contribution in [-0.4, -0.2) is 40.5 Å². The second-order valence-corrected chi connectivity index (χ2v) is 25.6. The van der Waals surface area contributed by atoms with Gasteiger partial charge in [0, 0.05) is 0 Å². The van der Waals surface area contributed by atoms with Crippen molar-refractivity contribution in [3.63, 3.8) is 0 Å². The Morgan fingerprint density at radius 1 is 0.634 bits per heavy atom. The molecule has 0 radical (unpaired) electrons. The average molecular weight is 661 g/mol. The van der Waals surface area contributed by atoms with Crippen LogP contribution in [0.4, 0.5) is 0 Å². The fourth-order valence-electron chi connectivity index (χ4n) is 5.90. The van der Waals surface area contributed by atoms with Crippen molar-refractivity contribution in [2.24, 2.45) is 0 Å². The first-order chi connectivity index (χ1) is 20.2. The molecule has 1 atom stereocenters. The van der Waals surface area contributed by atoms with Gasteiger partial charge >= 0.3 is 257 Å². The second kappa shape index (κ2) is 20.1. The number of ether oxygens (including phenoxy) is 1. The predicted octanol–water partition coefficient (Wildman–Crippen LogP) is 10.3. The Bertz CT molecular complexity index is 1010. The molecule has 3 heteroatoms. The van der Waals surface area contributed by atoms with Crippen molar-refractivity contribution >= 4 is 18.4 Å². The molecule has 0 aliphatic rings. The summed E-state index contributed by atoms with van der Waals surface area (Å²) >= 11 is -2.27. The molecule has 2 nitrogen and oxygen atoms in total. The van der Waals surface area contributed by atoms with Crippen LogP contribution in [0.15, 0.2) is 103 Å². The number of nitrogens with zero attached hydrogens (tertiary/aromatic N) is 1. The van der Waals surface area contributed by atoms with Crippen molar-refractivity contribution < 1.29 is 4.74 Å². The SMILES string of the molecule is CCC[CH2][Sn]([CH2]CCC)([CH2]CCC)[CH2]OC/C=C\C(Cc1ccccc1)N(Cc1ccccc1)Cc1ccccc1. The van der Waals surface area contributed by atoms with Crippen molar-refractivity contribution in [2.45, 2.75) is 98.2 Å². The van der Waals surface area contributed by atoms with E-state index < -0.39 is 18.4 Å². The van der Waals surface area contributed by atoms with Gasteiger partial charge in [-0.05, 0) is 0 Å². The molecule has 222 valence electrons. The minimum absolute atomic E-state index is 0.287. The standard InChI is InChI=1S/C26H28NO.3C4H9.Sn/c1-28-19-11-18-26(20-23-12-5-2-6-13-23)27(21-24-14-7-3-8-15-24)22-25-16-9-4-10-17-25;3*1-3-4-2;/h2-18,26H,1,19-22H2;3*1,3-4H2,2H3;/b18-11-;;;;. The fraction of sp³-hybridized carbons (Fsp3) is 0.474. The summed E-state index contributed by atoms with van der Waals surface area (Å²) in [6.07, 6.45) is 13.9. The molecule has 0 bridgehead atoms. The van der Waals surface area contributed by atoms with Gasteiger partial charge in [-0.1, -0.05) is 0 Å². The van der Waals surface area contributed by atoms with E-state index >= 15 is 0 Å². The third-order valence-electron chi connectivity index (χ3n) is 8.38. The molecule has 0 spiro atoms. The van der Waals surface area contributed by atoms with Gasteiger partial charge in [0.1, 0.15) is 0 Å². The Kier molecular flexibility index (Phi) is 16.5. The minimum atomic E-state index is -2.27. The number of unbranched alkanes of at least 4 members (excludes halogenated alkanes) is 3. The van der Waals surface area contributed by atoms with Crippen molar-refractivity contribution in [3.05, 3.63) is 120 Å². The third kappa shape index (κ3) is 12.9. The average Bonchev–Trinajstić information content (AvgIpc) is 3.02. The maximum atomic E-state index is 6.60. The van der Waals surface area contributed by atoms with E-state index in [0.29, 0.717) is 0 Å². The molecule has 0 saturated carbocycles. The Hall–Kier alpha value is -1.88. The first-order valence-electron chi connectivity index (χ1n) is 16.3. The molecule has 0 aliphatic heterocycles. The maximum absolute atomic E-state index is 6.60. The van der Waals surface area contributed by atoms with E-state index in [9.17, 15) is 0 Å². The zero-order chi connectivity index (χ0) is 29.0. The predicted molar refractivity (Wildman–Crippen MR) is 181 cm³/mol. The van der Waals surface area contributed by atoms with E-state index in [0.717, 1.165) is 30.7 Å². The van der Waals surface area contributed by atoms with Crippen molar-refractivity contribution in [1.82, 2.24) is 4.90 Å². The van der Waals surface area contributed by atoms with Crippen LogP contribution in [0.1, 0.15) is 76.0 Å². The summed E-state index contributed by atoms with van der Waals surface area (Å²) in [5.41, 5.74) is 4.09. The van der Waals surface area contributed by atoms with E-state index in [1.807, 2.05) is 0 Å². The van der Waals surface area contributed by atoms with Gasteiger partial charge in [0.15, 0.2) is 0 Å². The summed E-state index contributed by atoms with van der Waals surface area (Å²) in [5.74, 6) is 0. The second-order valence-electron chi connectivity index (χ2n) is 11.9. The molecule has 3 aromatic carbocycles. The van der Waals surface area contributed by atoms with E-state index in [-0.39, 0.29) is 6.04 Å². The summed E-state index contributed by atoms with van der Waals surface area (Å²) in [6.45, 7) is 9.63. The molecule has 0 heterocycles. The Balaban J connectivity index is 1.77. The van der Waals surface area contributed by atoms with Crippen LogP contribution in [-0.2, 0) is 24.2 Å². The topological polar surface area (TPSA) is 12.5 Å². The number of benzene rings is 3. The van der Waals surface area contributed by atoms with Crippen LogP contribution >= 0.6 is 0 Å². The first-order valence-corrected chi connectivity index (χ1v) is 24.4. The summed E-state index contributed by atoms with van der Waals surface area (Å²) in [6, 6.07) is 33.1. The normalized spacial score (nSPS) is 12.8. The zero-order valence-corrected chi connectivity index (χ0v) is 29.0. The van der Waals surface area contributed by atoms with Crippen LogP contribution in [0.3, 0.4) is 0 Å². The molecule has 0 aliphatic carbocycles. The molecular weight excluding hydrogens is 605 g/mol. The van der Waals surface area contributed by atoms with Crippen LogP contribution in [0, 0.1) is 0 Å². The number of hydrogen-bond acceptors (Lipinski definition) is 2. The van der Waals surface area contributed by atoms with E-state index in [1.165, 1.54) is 68.5 Å². The Labute approximate surface area is 256 Å². The Morgan fingerprint density at radius 2 is 1.07 bits per heavy atom. The van der Waals surface area contributed by atoms with Crippen molar-refractivity contribution in [1.29, 1.82) is 0 Å². The molecule has 0 amide bonds. The van der Waals surface area contributed by atoms with Crippen LogP contribution in [0.2, 0.25) is 13.3 Å².